The van der Waals surface area contributed by atoms with Crippen LogP contribution in [0.25, 0.3) is 0 Å². The van der Waals surface area contributed by atoms with Gasteiger partial charge in [0.2, 0.25) is 5.91 Å². The zero-order valence-electron chi connectivity index (χ0n) is 12.8. The summed E-state index contributed by atoms with van der Waals surface area (Å²) in [5.74, 6) is 2.47. The monoisotopic (exact) mass is 276 g/mol. The van der Waals surface area contributed by atoms with Crippen molar-refractivity contribution in [3.8, 4) is 0 Å². The first-order chi connectivity index (χ1) is 9.71. The van der Waals surface area contributed by atoms with Crippen LogP contribution in [0.4, 0.5) is 0 Å². The Morgan fingerprint density at radius 1 is 0.950 bits per heavy atom. The van der Waals surface area contributed by atoms with Gasteiger partial charge in [0, 0.05) is 24.5 Å². The van der Waals surface area contributed by atoms with Crippen molar-refractivity contribution in [1.29, 1.82) is 0 Å². The summed E-state index contributed by atoms with van der Waals surface area (Å²) in [7, 11) is 2.28. The van der Waals surface area contributed by atoms with Crippen LogP contribution in [-0.4, -0.2) is 47.9 Å². The Kier molecular flexibility index (Phi) is 3.10. The molecule has 0 aromatic rings. The van der Waals surface area contributed by atoms with Crippen molar-refractivity contribution < 1.29 is 4.79 Å². The van der Waals surface area contributed by atoms with E-state index in [1.165, 1.54) is 57.9 Å². The summed E-state index contributed by atoms with van der Waals surface area (Å²) in [4.78, 5) is 17.5. The molecule has 3 heteroatoms. The fourth-order valence-electron chi connectivity index (χ4n) is 5.42. The van der Waals surface area contributed by atoms with Crippen LogP contribution in [0.15, 0.2) is 0 Å². The second-order valence-corrected chi connectivity index (χ2v) is 7.71. The van der Waals surface area contributed by atoms with Gasteiger partial charge in [-0.1, -0.05) is 12.8 Å². The molecule has 2 saturated heterocycles. The fourth-order valence-corrected chi connectivity index (χ4v) is 5.42. The number of hydrogen-bond acceptors (Lipinski definition) is 2. The standard InChI is InChI=1S/C17H28N2O/c1-18-10-4-7-17(18)8-11-19(12-9-17)16(20)15-13-5-2-3-6-14(13)15/h13-15H,2-12H2,1H3. The van der Waals surface area contributed by atoms with Crippen LogP contribution in [0.2, 0.25) is 0 Å². The van der Waals surface area contributed by atoms with Crippen molar-refractivity contribution in [2.75, 3.05) is 26.7 Å². The smallest absolute Gasteiger partial charge is 0.226 e. The fraction of sp³-hybridized carbons (Fsp3) is 0.941. The molecule has 0 radical (unpaired) electrons. The number of carbonyl (C=O) groups is 1. The third-order valence-electron chi connectivity index (χ3n) is 6.89. The molecule has 2 saturated carbocycles. The number of nitrogens with zero attached hydrogens (tertiary/aromatic N) is 2. The molecule has 0 aromatic carbocycles. The van der Waals surface area contributed by atoms with E-state index in [0.717, 1.165) is 24.9 Å². The molecule has 1 amide bonds. The molecule has 4 aliphatic rings. The highest BCUT2D eigenvalue weighted by Crippen LogP contribution is 2.56. The lowest BCUT2D eigenvalue weighted by atomic mass is 9.85. The van der Waals surface area contributed by atoms with Crippen LogP contribution < -0.4 is 0 Å². The molecule has 2 aliphatic heterocycles. The van der Waals surface area contributed by atoms with Gasteiger partial charge in [0.05, 0.1) is 0 Å². The Hall–Kier alpha value is -0.570. The molecule has 0 bridgehead atoms. The number of amides is 1. The van der Waals surface area contributed by atoms with Gasteiger partial charge in [-0.3, -0.25) is 4.79 Å². The van der Waals surface area contributed by atoms with Crippen LogP contribution in [0.5, 0.6) is 0 Å². The molecule has 2 atom stereocenters. The first-order valence-electron chi connectivity index (χ1n) is 8.71. The molecule has 1 spiro atoms. The van der Waals surface area contributed by atoms with Gasteiger partial charge < -0.3 is 9.80 Å². The zero-order valence-corrected chi connectivity index (χ0v) is 12.8. The van der Waals surface area contributed by atoms with E-state index in [2.05, 4.69) is 16.8 Å². The average molecular weight is 276 g/mol. The van der Waals surface area contributed by atoms with E-state index in [9.17, 15) is 4.79 Å². The zero-order chi connectivity index (χ0) is 13.7. The van der Waals surface area contributed by atoms with Gasteiger partial charge in [-0.25, -0.2) is 0 Å². The van der Waals surface area contributed by atoms with Gasteiger partial charge in [0.15, 0.2) is 0 Å². The van der Waals surface area contributed by atoms with Crippen molar-refractivity contribution in [1.82, 2.24) is 9.80 Å². The molecule has 4 rings (SSSR count). The maximum atomic E-state index is 12.7. The van der Waals surface area contributed by atoms with E-state index in [4.69, 9.17) is 0 Å². The summed E-state index contributed by atoms with van der Waals surface area (Å²) in [6, 6.07) is 0. The highest BCUT2D eigenvalue weighted by Gasteiger charge is 2.56. The van der Waals surface area contributed by atoms with Gasteiger partial charge in [-0.05, 0) is 64.0 Å². The number of piperidine rings is 1. The largest absolute Gasteiger partial charge is 0.342 e. The lowest BCUT2D eigenvalue weighted by Crippen LogP contribution is -2.52. The van der Waals surface area contributed by atoms with Crippen molar-refractivity contribution in [2.24, 2.45) is 17.8 Å². The summed E-state index contributed by atoms with van der Waals surface area (Å²) in [6.07, 6.45) is 10.5. The molecule has 2 heterocycles. The van der Waals surface area contributed by atoms with Crippen molar-refractivity contribution in [3.05, 3.63) is 0 Å². The summed E-state index contributed by atoms with van der Waals surface area (Å²) in [5, 5.41) is 0. The van der Waals surface area contributed by atoms with E-state index < -0.39 is 0 Å². The lowest BCUT2D eigenvalue weighted by Gasteiger charge is -2.43. The second-order valence-electron chi connectivity index (χ2n) is 7.71. The number of carbonyl (C=O) groups excluding carboxylic acids is 1. The van der Waals surface area contributed by atoms with Crippen LogP contribution >= 0.6 is 0 Å². The number of rotatable bonds is 1. The molecular formula is C17H28N2O. The van der Waals surface area contributed by atoms with Gasteiger partial charge in [0.25, 0.3) is 0 Å². The Balaban J connectivity index is 1.36. The lowest BCUT2D eigenvalue weighted by molar-refractivity contribution is -0.135. The molecule has 112 valence electrons. The molecule has 3 nitrogen and oxygen atoms in total. The van der Waals surface area contributed by atoms with Crippen LogP contribution in [-0.2, 0) is 4.79 Å². The first kappa shape index (κ1) is 13.1. The highest BCUT2D eigenvalue weighted by atomic mass is 16.2. The van der Waals surface area contributed by atoms with Gasteiger partial charge >= 0.3 is 0 Å². The summed E-state index contributed by atoms with van der Waals surface area (Å²) >= 11 is 0. The Labute approximate surface area is 122 Å². The molecular weight excluding hydrogens is 248 g/mol. The normalized spacial score (nSPS) is 39.9. The van der Waals surface area contributed by atoms with Gasteiger partial charge in [-0.2, -0.15) is 0 Å². The molecule has 20 heavy (non-hydrogen) atoms. The van der Waals surface area contributed by atoms with Crippen molar-refractivity contribution in [2.45, 2.75) is 56.9 Å². The number of fused-ring (bicyclic) bond motifs is 1. The van der Waals surface area contributed by atoms with Crippen LogP contribution in [0.1, 0.15) is 51.4 Å². The third-order valence-corrected chi connectivity index (χ3v) is 6.89. The summed E-state index contributed by atoms with van der Waals surface area (Å²) in [6.45, 7) is 3.28. The quantitative estimate of drug-likeness (QED) is 0.735. The Morgan fingerprint density at radius 2 is 1.60 bits per heavy atom. The minimum Gasteiger partial charge on any atom is -0.342 e. The molecule has 2 unspecified atom stereocenters. The van der Waals surface area contributed by atoms with Gasteiger partial charge in [-0.15, -0.1) is 0 Å². The van der Waals surface area contributed by atoms with Crippen molar-refractivity contribution >= 4 is 5.91 Å². The second kappa shape index (κ2) is 4.72. The summed E-state index contributed by atoms with van der Waals surface area (Å²) < 4.78 is 0. The SMILES string of the molecule is CN1CCCC12CCN(C(=O)C1C3CCCCC31)CC2. The topological polar surface area (TPSA) is 23.6 Å². The number of hydrogen-bond donors (Lipinski definition) is 0. The molecule has 0 aromatic heterocycles. The Morgan fingerprint density at radius 3 is 2.15 bits per heavy atom. The maximum Gasteiger partial charge on any atom is 0.226 e. The van der Waals surface area contributed by atoms with E-state index in [0.29, 0.717) is 17.4 Å². The van der Waals surface area contributed by atoms with E-state index in [1.807, 2.05) is 0 Å². The van der Waals surface area contributed by atoms with E-state index in [-0.39, 0.29) is 0 Å². The minimum absolute atomic E-state index is 0.424. The summed E-state index contributed by atoms with van der Waals surface area (Å²) in [5.41, 5.74) is 0.438. The minimum atomic E-state index is 0.424. The predicted octanol–water partition coefficient (Wildman–Crippen LogP) is 2.51. The average Bonchev–Trinajstić information content (AvgIpc) is 3.11. The predicted molar refractivity (Wildman–Crippen MR) is 79.3 cm³/mol. The van der Waals surface area contributed by atoms with Crippen LogP contribution in [0, 0.1) is 17.8 Å². The molecule has 2 aliphatic carbocycles. The molecule has 0 N–H and O–H groups in total. The Bertz CT molecular complexity index is 388. The highest BCUT2D eigenvalue weighted by molar-refractivity contribution is 5.82. The maximum absolute atomic E-state index is 12.7. The van der Waals surface area contributed by atoms with Gasteiger partial charge in [0.1, 0.15) is 0 Å². The molecule has 4 fully saturated rings. The van der Waals surface area contributed by atoms with E-state index >= 15 is 0 Å². The van der Waals surface area contributed by atoms with Crippen molar-refractivity contribution in [3.63, 3.8) is 0 Å². The third kappa shape index (κ3) is 1.93. The first-order valence-corrected chi connectivity index (χ1v) is 8.71. The van der Waals surface area contributed by atoms with E-state index in [1.54, 1.807) is 0 Å². The van der Waals surface area contributed by atoms with Crippen LogP contribution in [0.3, 0.4) is 0 Å². The number of likely N-dealkylation sites (tertiary alicyclic amines) is 2.